The van der Waals surface area contributed by atoms with Crippen LogP contribution < -0.4 is 5.32 Å². The summed E-state index contributed by atoms with van der Waals surface area (Å²) in [6, 6.07) is 4.57. The van der Waals surface area contributed by atoms with Crippen LogP contribution in [0.25, 0.3) is 0 Å². The maximum Gasteiger partial charge on any atom is 0.188 e. The van der Waals surface area contributed by atoms with Crippen molar-refractivity contribution in [1.82, 2.24) is 25.9 Å². The summed E-state index contributed by atoms with van der Waals surface area (Å²) in [7, 11) is 0. The second-order valence-electron chi connectivity index (χ2n) is 3.17. The highest BCUT2D eigenvalue weighted by Crippen LogP contribution is 2.14. The van der Waals surface area contributed by atoms with Crippen molar-refractivity contribution in [2.24, 2.45) is 0 Å². The smallest absolute Gasteiger partial charge is 0.188 e. The van der Waals surface area contributed by atoms with Gasteiger partial charge in [-0.25, -0.2) is 4.39 Å². The lowest BCUT2D eigenvalue weighted by molar-refractivity contribution is 0.583. The Labute approximate surface area is 96.0 Å². The Morgan fingerprint density at radius 3 is 2.94 bits per heavy atom. The van der Waals surface area contributed by atoms with Gasteiger partial charge in [-0.3, -0.25) is 0 Å². The molecule has 0 aliphatic heterocycles. The van der Waals surface area contributed by atoms with Gasteiger partial charge in [-0.05, 0) is 12.1 Å². The van der Waals surface area contributed by atoms with Gasteiger partial charge in [-0.1, -0.05) is 22.9 Å². The monoisotopic (exact) mass is 241 g/mol. The van der Waals surface area contributed by atoms with Crippen LogP contribution in [-0.4, -0.2) is 20.6 Å². The zero-order valence-corrected chi connectivity index (χ0v) is 9.00. The van der Waals surface area contributed by atoms with Gasteiger partial charge < -0.3 is 5.32 Å². The molecule has 2 N–H and O–H groups in total. The topological polar surface area (TPSA) is 66.5 Å². The first-order chi connectivity index (χ1) is 7.75. The highest BCUT2D eigenvalue weighted by Gasteiger charge is 2.03. The highest BCUT2D eigenvalue weighted by atomic mass is 35.5. The third-order valence-corrected chi connectivity index (χ3v) is 2.24. The molecule has 84 valence electrons. The summed E-state index contributed by atoms with van der Waals surface area (Å²) in [6.07, 6.45) is 0. The molecule has 0 amide bonds. The van der Waals surface area contributed by atoms with E-state index in [9.17, 15) is 4.39 Å². The molecule has 0 saturated carbocycles. The number of hydrogen-bond donors (Lipinski definition) is 2. The fraction of sp³-hybridized carbons (Fsp3) is 0.222. The first-order valence-electron chi connectivity index (χ1n) is 4.62. The largest absolute Gasteiger partial charge is 0.305 e. The molecule has 7 heteroatoms. The quantitative estimate of drug-likeness (QED) is 0.846. The second-order valence-corrected chi connectivity index (χ2v) is 3.60. The van der Waals surface area contributed by atoms with Gasteiger partial charge in [0.25, 0.3) is 0 Å². The third-order valence-electron chi connectivity index (χ3n) is 2.00. The van der Waals surface area contributed by atoms with Gasteiger partial charge in [-0.2, -0.15) is 5.21 Å². The summed E-state index contributed by atoms with van der Waals surface area (Å²) < 4.78 is 13.3. The summed E-state index contributed by atoms with van der Waals surface area (Å²) in [4.78, 5) is 0. The van der Waals surface area contributed by atoms with Gasteiger partial charge in [0.1, 0.15) is 5.82 Å². The van der Waals surface area contributed by atoms with E-state index >= 15 is 0 Å². The molecule has 0 radical (unpaired) electrons. The lowest BCUT2D eigenvalue weighted by Gasteiger charge is -2.04. The Hall–Kier alpha value is -1.53. The molecule has 0 saturated heterocycles. The minimum absolute atomic E-state index is 0.326. The van der Waals surface area contributed by atoms with Crippen LogP contribution in [0, 0.1) is 5.82 Å². The van der Waals surface area contributed by atoms with Crippen molar-refractivity contribution in [2.75, 3.05) is 0 Å². The first kappa shape index (κ1) is 11.0. The van der Waals surface area contributed by atoms with Crippen LogP contribution in [0.3, 0.4) is 0 Å². The van der Waals surface area contributed by atoms with Crippen LogP contribution in [0.1, 0.15) is 11.4 Å². The molecule has 0 atom stereocenters. The molecule has 1 aromatic heterocycles. The average Bonchev–Trinajstić information content (AvgIpc) is 2.74. The highest BCUT2D eigenvalue weighted by molar-refractivity contribution is 6.30. The molecule has 1 heterocycles. The van der Waals surface area contributed by atoms with Gasteiger partial charge in [0.15, 0.2) is 5.82 Å². The molecule has 5 nitrogen and oxygen atoms in total. The van der Waals surface area contributed by atoms with Crippen molar-refractivity contribution >= 4 is 11.6 Å². The molecule has 2 rings (SSSR count). The Kier molecular flexibility index (Phi) is 3.43. The van der Waals surface area contributed by atoms with Crippen molar-refractivity contribution < 1.29 is 4.39 Å². The summed E-state index contributed by atoms with van der Waals surface area (Å²) in [5.74, 6) is 0.211. The SMILES string of the molecule is Fc1cc(Cl)ccc1CNCc1nn[nH]n1. The fourth-order valence-corrected chi connectivity index (χ4v) is 1.39. The van der Waals surface area contributed by atoms with E-state index in [2.05, 4.69) is 25.9 Å². The Morgan fingerprint density at radius 1 is 1.38 bits per heavy atom. The first-order valence-corrected chi connectivity index (χ1v) is 5.00. The Morgan fingerprint density at radius 2 is 2.25 bits per heavy atom. The second kappa shape index (κ2) is 5.00. The van der Waals surface area contributed by atoms with E-state index in [1.54, 1.807) is 12.1 Å². The lowest BCUT2D eigenvalue weighted by Crippen LogP contribution is -2.14. The van der Waals surface area contributed by atoms with Crippen molar-refractivity contribution in [2.45, 2.75) is 13.1 Å². The minimum Gasteiger partial charge on any atom is -0.305 e. The average molecular weight is 242 g/mol. The van der Waals surface area contributed by atoms with Gasteiger partial charge in [0, 0.05) is 17.1 Å². The number of rotatable bonds is 4. The van der Waals surface area contributed by atoms with E-state index in [0.29, 0.717) is 29.5 Å². The number of halogens is 2. The van der Waals surface area contributed by atoms with Crippen molar-refractivity contribution in [1.29, 1.82) is 0 Å². The van der Waals surface area contributed by atoms with E-state index < -0.39 is 0 Å². The molecule has 16 heavy (non-hydrogen) atoms. The molecular formula is C9H9ClFN5. The minimum atomic E-state index is -0.326. The number of benzene rings is 1. The number of tetrazole rings is 1. The normalized spacial score (nSPS) is 10.6. The number of H-pyrrole nitrogens is 1. The maximum absolute atomic E-state index is 13.3. The lowest BCUT2D eigenvalue weighted by atomic mass is 10.2. The Balaban J connectivity index is 1.90. The Bertz CT molecular complexity index is 459. The predicted octanol–water partition coefficient (Wildman–Crippen LogP) is 1.28. The van der Waals surface area contributed by atoms with Crippen LogP contribution >= 0.6 is 11.6 Å². The van der Waals surface area contributed by atoms with Crippen LogP contribution in [0.5, 0.6) is 0 Å². The molecule has 0 aliphatic carbocycles. The summed E-state index contributed by atoms with van der Waals surface area (Å²) in [5.41, 5.74) is 0.549. The summed E-state index contributed by atoms with van der Waals surface area (Å²) in [6.45, 7) is 0.816. The third kappa shape index (κ3) is 2.74. The van der Waals surface area contributed by atoms with Crippen LogP contribution in [0.15, 0.2) is 18.2 Å². The van der Waals surface area contributed by atoms with Crippen molar-refractivity contribution in [3.05, 3.63) is 40.4 Å². The zero-order chi connectivity index (χ0) is 11.4. The van der Waals surface area contributed by atoms with Gasteiger partial charge >= 0.3 is 0 Å². The van der Waals surface area contributed by atoms with E-state index in [4.69, 9.17) is 11.6 Å². The summed E-state index contributed by atoms with van der Waals surface area (Å²) >= 11 is 5.64. The number of nitrogens with zero attached hydrogens (tertiary/aromatic N) is 3. The van der Waals surface area contributed by atoms with Crippen LogP contribution in [0.2, 0.25) is 5.02 Å². The van der Waals surface area contributed by atoms with Crippen LogP contribution in [-0.2, 0) is 13.1 Å². The van der Waals surface area contributed by atoms with Gasteiger partial charge in [-0.15, -0.1) is 10.2 Å². The maximum atomic E-state index is 13.3. The van der Waals surface area contributed by atoms with E-state index in [1.807, 2.05) is 0 Å². The molecule has 0 spiro atoms. The van der Waals surface area contributed by atoms with E-state index in [0.717, 1.165) is 0 Å². The number of hydrogen-bond acceptors (Lipinski definition) is 4. The molecule has 0 fully saturated rings. The number of aromatic nitrogens is 4. The fourth-order valence-electron chi connectivity index (χ4n) is 1.23. The van der Waals surface area contributed by atoms with E-state index in [-0.39, 0.29) is 5.82 Å². The molecule has 0 unspecified atom stereocenters. The molecule has 0 aliphatic rings. The number of nitrogens with one attached hydrogen (secondary N) is 2. The van der Waals surface area contributed by atoms with Crippen LogP contribution in [0.4, 0.5) is 4.39 Å². The zero-order valence-electron chi connectivity index (χ0n) is 8.24. The number of aromatic amines is 1. The van der Waals surface area contributed by atoms with E-state index in [1.165, 1.54) is 6.07 Å². The predicted molar refractivity (Wildman–Crippen MR) is 56.1 cm³/mol. The van der Waals surface area contributed by atoms with Crippen molar-refractivity contribution in [3.63, 3.8) is 0 Å². The van der Waals surface area contributed by atoms with Crippen molar-refractivity contribution in [3.8, 4) is 0 Å². The molecule has 2 aromatic rings. The standard InChI is InChI=1S/C9H9ClFN5/c10-7-2-1-6(8(11)3-7)4-12-5-9-13-15-16-14-9/h1-3,12H,4-5H2,(H,13,14,15,16). The summed E-state index contributed by atoms with van der Waals surface area (Å²) in [5, 5.41) is 16.6. The molecule has 1 aromatic carbocycles. The molecular weight excluding hydrogens is 233 g/mol. The molecule has 0 bridgehead atoms. The van der Waals surface area contributed by atoms with Gasteiger partial charge in [0.2, 0.25) is 0 Å². The van der Waals surface area contributed by atoms with Gasteiger partial charge in [0.05, 0.1) is 6.54 Å².